The number of fused-ring (bicyclic) bond motifs is 1. The van der Waals surface area contributed by atoms with Gasteiger partial charge in [-0.15, -0.1) is 0 Å². The van der Waals surface area contributed by atoms with Crippen LogP contribution in [0.5, 0.6) is 0 Å². The molecule has 3 aromatic rings. The van der Waals surface area contributed by atoms with Gasteiger partial charge in [-0.2, -0.15) is 5.10 Å². The summed E-state index contributed by atoms with van der Waals surface area (Å²) >= 11 is 0. The molecule has 0 aliphatic carbocycles. The van der Waals surface area contributed by atoms with Gasteiger partial charge in [0, 0.05) is 38.3 Å². The van der Waals surface area contributed by atoms with Crippen molar-refractivity contribution in [2.75, 3.05) is 7.05 Å². The third kappa shape index (κ3) is 2.56. The molecule has 1 atom stereocenters. The molecule has 2 aromatic heterocycles. The molecule has 1 N–H and O–H groups in total. The Labute approximate surface area is 124 Å². The van der Waals surface area contributed by atoms with Crippen LogP contribution in [0.15, 0.2) is 36.7 Å². The van der Waals surface area contributed by atoms with E-state index in [1.165, 1.54) is 10.9 Å². The number of aromatic nitrogens is 4. The molecule has 21 heavy (non-hydrogen) atoms. The molecule has 0 bridgehead atoms. The fourth-order valence-electron chi connectivity index (χ4n) is 2.83. The van der Waals surface area contributed by atoms with Gasteiger partial charge in [-0.3, -0.25) is 4.68 Å². The number of hydrogen-bond acceptors (Lipinski definition) is 3. The molecule has 0 amide bonds. The summed E-state index contributed by atoms with van der Waals surface area (Å²) in [6.45, 7) is 0. The van der Waals surface area contributed by atoms with Crippen molar-refractivity contribution < 1.29 is 0 Å². The van der Waals surface area contributed by atoms with Crippen LogP contribution < -0.4 is 5.32 Å². The van der Waals surface area contributed by atoms with Crippen LogP contribution in [0.4, 0.5) is 0 Å². The molecule has 0 aliphatic rings. The summed E-state index contributed by atoms with van der Waals surface area (Å²) in [5, 5.41) is 9.32. The SMILES string of the molecule is CNC(CCc1nccn1C)c1nn(C)c2ccccc12. The van der Waals surface area contributed by atoms with Gasteiger partial charge in [0.15, 0.2) is 0 Å². The van der Waals surface area contributed by atoms with Crippen molar-refractivity contribution in [1.82, 2.24) is 24.6 Å². The molecule has 5 heteroatoms. The number of imidazole rings is 1. The lowest BCUT2D eigenvalue weighted by molar-refractivity contribution is 0.519. The van der Waals surface area contributed by atoms with Gasteiger partial charge in [0.25, 0.3) is 0 Å². The second-order valence-corrected chi connectivity index (χ2v) is 5.36. The number of nitrogens with zero attached hydrogens (tertiary/aromatic N) is 4. The minimum Gasteiger partial charge on any atom is -0.338 e. The van der Waals surface area contributed by atoms with E-state index in [4.69, 9.17) is 5.10 Å². The molecule has 0 saturated heterocycles. The van der Waals surface area contributed by atoms with Crippen LogP contribution in [0.1, 0.15) is 24.0 Å². The van der Waals surface area contributed by atoms with Crippen LogP contribution in [-0.4, -0.2) is 26.4 Å². The average Bonchev–Trinajstić information content (AvgIpc) is 3.05. The van der Waals surface area contributed by atoms with Crippen LogP contribution in [-0.2, 0) is 20.5 Å². The Bertz CT molecular complexity index is 740. The zero-order valence-electron chi connectivity index (χ0n) is 12.7. The van der Waals surface area contributed by atoms with Gasteiger partial charge in [-0.1, -0.05) is 18.2 Å². The second kappa shape index (κ2) is 5.69. The van der Waals surface area contributed by atoms with Gasteiger partial charge in [-0.25, -0.2) is 4.98 Å². The third-order valence-electron chi connectivity index (χ3n) is 4.04. The van der Waals surface area contributed by atoms with Crippen molar-refractivity contribution in [2.24, 2.45) is 14.1 Å². The molecule has 110 valence electrons. The summed E-state index contributed by atoms with van der Waals surface area (Å²) in [5.74, 6) is 1.11. The Morgan fingerprint density at radius 1 is 1.24 bits per heavy atom. The van der Waals surface area contributed by atoms with E-state index in [1.54, 1.807) is 0 Å². The first-order valence-electron chi connectivity index (χ1n) is 7.26. The highest BCUT2D eigenvalue weighted by Crippen LogP contribution is 2.25. The monoisotopic (exact) mass is 283 g/mol. The van der Waals surface area contributed by atoms with Crippen molar-refractivity contribution in [3.05, 3.63) is 48.2 Å². The lowest BCUT2D eigenvalue weighted by Gasteiger charge is -2.14. The van der Waals surface area contributed by atoms with Crippen LogP contribution >= 0.6 is 0 Å². The lowest BCUT2D eigenvalue weighted by Crippen LogP contribution is -2.18. The molecule has 3 rings (SSSR count). The highest BCUT2D eigenvalue weighted by molar-refractivity contribution is 5.82. The molecule has 0 aliphatic heterocycles. The molecule has 0 saturated carbocycles. The van der Waals surface area contributed by atoms with E-state index in [2.05, 4.69) is 39.1 Å². The quantitative estimate of drug-likeness (QED) is 0.781. The first-order valence-corrected chi connectivity index (χ1v) is 7.26. The Hall–Kier alpha value is -2.14. The summed E-state index contributed by atoms with van der Waals surface area (Å²) in [5.41, 5.74) is 2.29. The molecule has 0 spiro atoms. The fraction of sp³-hybridized carbons (Fsp3) is 0.375. The van der Waals surface area contributed by atoms with Gasteiger partial charge < -0.3 is 9.88 Å². The molecular formula is C16H21N5. The van der Waals surface area contributed by atoms with Crippen molar-refractivity contribution in [3.8, 4) is 0 Å². The molecule has 0 fully saturated rings. The highest BCUT2D eigenvalue weighted by Gasteiger charge is 2.17. The summed E-state index contributed by atoms with van der Waals surface area (Å²) in [6.07, 6.45) is 5.74. The van der Waals surface area contributed by atoms with Crippen LogP contribution in [0.2, 0.25) is 0 Å². The predicted octanol–water partition coefficient (Wildman–Crippen LogP) is 2.20. The predicted molar refractivity (Wildman–Crippen MR) is 84.0 cm³/mol. The van der Waals surface area contributed by atoms with Crippen molar-refractivity contribution in [3.63, 3.8) is 0 Å². The van der Waals surface area contributed by atoms with Crippen LogP contribution in [0, 0.1) is 0 Å². The van der Waals surface area contributed by atoms with E-state index < -0.39 is 0 Å². The Balaban J connectivity index is 1.86. The fourth-order valence-corrected chi connectivity index (χ4v) is 2.83. The van der Waals surface area contributed by atoms with Gasteiger partial charge in [-0.05, 0) is 19.5 Å². The van der Waals surface area contributed by atoms with E-state index in [0.29, 0.717) is 0 Å². The van der Waals surface area contributed by atoms with Crippen molar-refractivity contribution in [2.45, 2.75) is 18.9 Å². The third-order valence-corrected chi connectivity index (χ3v) is 4.04. The maximum absolute atomic E-state index is 4.71. The largest absolute Gasteiger partial charge is 0.338 e. The molecule has 5 nitrogen and oxygen atoms in total. The standard InChI is InChI=1S/C16H21N5/c1-17-13(8-9-15-18-10-11-20(15)2)16-12-6-4-5-7-14(12)21(3)19-16/h4-7,10-11,13,17H,8-9H2,1-3H3. The van der Waals surface area contributed by atoms with Crippen LogP contribution in [0.25, 0.3) is 10.9 Å². The minimum absolute atomic E-state index is 0.229. The van der Waals surface area contributed by atoms with Gasteiger partial charge in [0.1, 0.15) is 5.82 Å². The highest BCUT2D eigenvalue weighted by atomic mass is 15.3. The van der Waals surface area contributed by atoms with Gasteiger partial charge in [0.05, 0.1) is 17.3 Å². The Morgan fingerprint density at radius 2 is 2.05 bits per heavy atom. The number of hydrogen-bond donors (Lipinski definition) is 1. The second-order valence-electron chi connectivity index (χ2n) is 5.36. The van der Waals surface area contributed by atoms with E-state index in [0.717, 1.165) is 24.4 Å². The normalized spacial score (nSPS) is 12.9. The first-order chi connectivity index (χ1) is 10.2. The molecule has 2 heterocycles. The van der Waals surface area contributed by atoms with Gasteiger partial charge >= 0.3 is 0 Å². The summed E-state index contributed by atoms with van der Waals surface area (Å²) in [6, 6.07) is 8.60. The van der Waals surface area contributed by atoms with Crippen LogP contribution in [0.3, 0.4) is 0 Å². The molecule has 1 unspecified atom stereocenters. The molecule has 1 aromatic carbocycles. The number of aryl methyl sites for hydroxylation is 3. The molecule has 0 radical (unpaired) electrons. The van der Waals surface area contributed by atoms with E-state index in [9.17, 15) is 0 Å². The maximum Gasteiger partial charge on any atom is 0.108 e. The van der Waals surface area contributed by atoms with Crippen molar-refractivity contribution in [1.29, 1.82) is 0 Å². The Kier molecular flexibility index (Phi) is 3.75. The van der Waals surface area contributed by atoms with E-state index in [-0.39, 0.29) is 6.04 Å². The topological polar surface area (TPSA) is 47.7 Å². The number of nitrogens with one attached hydrogen (secondary N) is 1. The van der Waals surface area contributed by atoms with E-state index >= 15 is 0 Å². The Morgan fingerprint density at radius 3 is 2.76 bits per heavy atom. The first kappa shape index (κ1) is 13.8. The zero-order valence-corrected chi connectivity index (χ0v) is 12.7. The average molecular weight is 283 g/mol. The zero-order chi connectivity index (χ0) is 14.8. The van der Waals surface area contributed by atoms with E-state index in [1.807, 2.05) is 38.2 Å². The lowest BCUT2D eigenvalue weighted by atomic mass is 10.0. The number of para-hydroxylation sites is 1. The summed E-state index contributed by atoms with van der Waals surface area (Å²) in [7, 11) is 6.02. The maximum atomic E-state index is 4.71. The summed E-state index contributed by atoms with van der Waals surface area (Å²) < 4.78 is 4.03. The number of rotatable bonds is 5. The van der Waals surface area contributed by atoms with Crippen molar-refractivity contribution >= 4 is 10.9 Å². The smallest absolute Gasteiger partial charge is 0.108 e. The molecular weight excluding hydrogens is 262 g/mol. The number of benzene rings is 1. The minimum atomic E-state index is 0.229. The van der Waals surface area contributed by atoms with Gasteiger partial charge in [0.2, 0.25) is 0 Å². The summed E-state index contributed by atoms with van der Waals surface area (Å²) in [4.78, 5) is 4.39.